The number of carbonyl (C=O) groups excluding carboxylic acids is 1. The van der Waals surface area contributed by atoms with Crippen molar-refractivity contribution >= 4 is 17.2 Å². The summed E-state index contributed by atoms with van der Waals surface area (Å²) in [5.74, 6) is 0.843. The molecule has 0 spiro atoms. The van der Waals surface area contributed by atoms with Crippen molar-refractivity contribution in [2.24, 2.45) is 10.8 Å². The highest BCUT2D eigenvalue weighted by molar-refractivity contribution is 7.10. The van der Waals surface area contributed by atoms with Crippen molar-refractivity contribution in [3.05, 3.63) is 21.9 Å². The molecule has 3 nitrogen and oxygen atoms in total. The molecule has 1 aromatic heterocycles. The molecule has 1 aliphatic carbocycles. The van der Waals surface area contributed by atoms with Crippen LogP contribution in [-0.2, 0) is 4.74 Å². The van der Waals surface area contributed by atoms with Crippen LogP contribution in [0.3, 0.4) is 0 Å². The Labute approximate surface area is 149 Å². The third-order valence-electron chi connectivity index (χ3n) is 6.17. The van der Waals surface area contributed by atoms with Crippen LogP contribution in [0.5, 0.6) is 0 Å². The lowest BCUT2D eigenvalue weighted by Gasteiger charge is -2.39. The smallest absolute Gasteiger partial charge is 0.254 e. The second-order valence-corrected chi connectivity index (χ2v) is 10.2. The topological polar surface area (TPSA) is 29.5 Å². The fourth-order valence-corrected chi connectivity index (χ4v) is 6.58. The van der Waals surface area contributed by atoms with Crippen LogP contribution in [0.15, 0.2) is 11.4 Å². The Morgan fingerprint density at radius 2 is 2.00 bits per heavy atom. The van der Waals surface area contributed by atoms with Crippen molar-refractivity contribution in [1.82, 2.24) is 4.90 Å². The van der Waals surface area contributed by atoms with E-state index < -0.39 is 0 Å². The molecule has 2 unspecified atom stereocenters. The van der Waals surface area contributed by atoms with Crippen molar-refractivity contribution < 1.29 is 9.53 Å². The lowest BCUT2D eigenvalue weighted by Crippen LogP contribution is -2.37. The fourth-order valence-electron chi connectivity index (χ4n) is 5.52. The second-order valence-electron chi connectivity index (χ2n) is 9.27. The summed E-state index contributed by atoms with van der Waals surface area (Å²) >= 11 is 1.76. The molecule has 4 heteroatoms. The minimum Gasteiger partial charge on any atom is -0.381 e. The maximum Gasteiger partial charge on any atom is 0.254 e. The lowest BCUT2D eigenvalue weighted by molar-refractivity contribution is 0.0708. The van der Waals surface area contributed by atoms with Crippen LogP contribution < -0.4 is 0 Å². The molecule has 1 aromatic rings. The molecule has 0 radical (unpaired) electrons. The zero-order valence-electron chi connectivity index (χ0n) is 15.1. The SMILES string of the molecule is CC1(C)CC2CC(C)(CN2C(=O)c2csc(C3CCOCC3)c2)C1. The van der Waals surface area contributed by atoms with Crippen molar-refractivity contribution in [3.63, 3.8) is 0 Å². The van der Waals surface area contributed by atoms with Crippen molar-refractivity contribution in [2.75, 3.05) is 19.8 Å². The highest BCUT2D eigenvalue weighted by Crippen LogP contribution is 2.52. The van der Waals surface area contributed by atoms with Gasteiger partial charge in [-0.15, -0.1) is 11.3 Å². The summed E-state index contributed by atoms with van der Waals surface area (Å²) in [6, 6.07) is 2.59. The predicted molar refractivity (Wildman–Crippen MR) is 97.7 cm³/mol. The molecule has 3 fully saturated rings. The van der Waals surface area contributed by atoms with Crippen molar-refractivity contribution in [2.45, 2.75) is 64.8 Å². The van der Waals surface area contributed by atoms with Crippen LogP contribution in [0.2, 0.25) is 0 Å². The highest BCUT2D eigenvalue weighted by Gasteiger charge is 2.51. The number of carbonyl (C=O) groups is 1. The van der Waals surface area contributed by atoms with Crippen LogP contribution in [-0.4, -0.2) is 36.6 Å². The first-order valence-electron chi connectivity index (χ1n) is 9.32. The van der Waals surface area contributed by atoms with Gasteiger partial charge in [0.15, 0.2) is 0 Å². The molecule has 1 saturated carbocycles. The number of likely N-dealkylation sites (tertiary alicyclic amines) is 1. The monoisotopic (exact) mass is 347 g/mol. The number of fused-ring (bicyclic) bond motifs is 2. The molecule has 3 heterocycles. The Morgan fingerprint density at radius 3 is 2.75 bits per heavy atom. The van der Waals surface area contributed by atoms with E-state index in [9.17, 15) is 4.79 Å². The van der Waals surface area contributed by atoms with Crippen molar-refractivity contribution in [3.8, 4) is 0 Å². The largest absolute Gasteiger partial charge is 0.381 e. The Morgan fingerprint density at radius 1 is 1.25 bits per heavy atom. The molecule has 132 valence electrons. The summed E-state index contributed by atoms with van der Waals surface area (Å²) < 4.78 is 5.46. The number of ether oxygens (including phenoxy) is 1. The van der Waals surface area contributed by atoms with E-state index in [1.54, 1.807) is 11.3 Å². The minimum absolute atomic E-state index is 0.260. The summed E-state index contributed by atoms with van der Waals surface area (Å²) in [5.41, 5.74) is 1.58. The van der Waals surface area contributed by atoms with Gasteiger partial charge in [-0.05, 0) is 54.9 Å². The van der Waals surface area contributed by atoms with Gasteiger partial charge in [0.25, 0.3) is 5.91 Å². The zero-order chi connectivity index (χ0) is 16.9. The van der Waals surface area contributed by atoms with Crippen LogP contribution in [0.1, 0.15) is 74.0 Å². The normalized spacial score (nSPS) is 33.0. The fraction of sp³-hybridized carbons (Fsp3) is 0.750. The number of hydrogen-bond acceptors (Lipinski definition) is 3. The first-order chi connectivity index (χ1) is 11.4. The molecule has 2 bridgehead atoms. The molecule has 2 atom stereocenters. The third-order valence-corrected chi connectivity index (χ3v) is 7.26. The van der Waals surface area contributed by atoms with E-state index in [4.69, 9.17) is 4.74 Å². The van der Waals surface area contributed by atoms with Gasteiger partial charge in [-0.2, -0.15) is 0 Å². The number of nitrogens with zero attached hydrogens (tertiary/aromatic N) is 1. The molecule has 3 aliphatic rings. The van der Waals surface area contributed by atoms with Crippen LogP contribution in [0.25, 0.3) is 0 Å². The molecular formula is C20H29NO2S. The first-order valence-corrected chi connectivity index (χ1v) is 10.2. The molecular weight excluding hydrogens is 318 g/mol. The number of hydrogen-bond donors (Lipinski definition) is 0. The summed E-state index contributed by atoms with van der Waals surface area (Å²) in [5, 5.41) is 2.09. The molecule has 24 heavy (non-hydrogen) atoms. The third kappa shape index (κ3) is 3.03. The summed E-state index contributed by atoms with van der Waals surface area (Å²) in [4.78, 5) is 16.7. The molecule has 0 aromatic carbocycles. The van der Waals surface area contributed by atoms with Crippen molar-refractivity contribution in [1.29, 1.82) is 0 Å². The Kier molecular flexibility index (Phi) is 4.04. The maximum absolute atomic E-state index is 13.1. The zero-order valence-corrected chi connectivity index (χ0v) is 16.0. The van der Waals surface area contributed by atoms with Gasteiger partial charge in [-0.25, -0.2) is 0 Å². The van der Waals surface area contributed by atoms with E-state index in [2.05, 4.69) is 37.1 Å². The molecule has 2 aliphatic heterocycles. The van der Waals surface area contributed by atoms with E-state index in [1.807, 2.05) is 0 Å². The van der Waals surface area contributed by atoms with Gasteiger partial charge in [0, 0.05) is 36.1 Å². The Bertz CT molecular complexity index is 631. The predicted octanol–water partition coefficient (Wildman–Crippen LogP) is 4.68. The number of thiophene rings is 1. The molecule has 1 amide bonds. The van der Waals surface area contributed by atoms with Crippen LogP contribution >= 0.6 is 11.3 Å². The summed E-state index contributed by atoms with van der Waals surface area (Å²) in [6.45, 7) is 9.73. The quantitative estimate of drug-likeness (QED) is 0.777. The van der Waals surface area contributed by atoms with Gasteiger partial charge >= 0.3 is 0 Å². The van der Waals surface area contributed by atoms with Gasteiger partial charge in [0.1, 0.15) is 0 Å². The van der Waals surface area contributed by atoms with Gasteiger partial charge in [0.05, 0.1) is 5.56 Å². The van der Waals surface area contributed by atoms with E-state index in [-0.39, 0.29) is 5.91 Å². The minimum atomic E-state index is 0.260. The summed E-state index contributed by atoms with van der Waals surface area (Å²) in [6.07, 6.45) is 5.74. The van der Waals surface area contributed by atoms with Crippen LogP contribution in [0, 0.1) is 10.8 Å². The first kappa shape index (κ1) is 16.6. The second kappa shape index (κ2) is 5.84. The average molecular weight is 348 g/mol. The molecule has 0 N–H and O–H groups in total. The Balaban J connectivity index is 1.51. The average Bonchev–Trinajstić information content (AvgIpc) is 3.09. The highest BCUT2D eigenvalue weighted by atomic mass is 32.1. The molecule has 2 saturated heterocycles. The van der Waals surface area contributed by atoms with E-state index >= 15 is 0 Å². The maximum atomic E-state index is 13.1. The number of rotatable bonds is 2. The van der Waals surface area contributed by atoms with Gasteiger partial charge in [-0.3, -0.25) is 4.79 Å². The van der Waals surface area contributed by atoms with Gasteiger partial charge < -0.3 is 9.64 Å². The van der Waals surface area contributed by atoms with Gasteiger partial charge in [-0.1, -0.05) is 20.8 Å². The van der Waals surface area contributed by atoms with Crippen LogP contribution in [0.4, 0.5) is 0 Å². The summed E-state index contributed by atoms with van der Waals surface area (Å²) in [7, 11) is 0. The van der Waals surface area contributed by atoms with E-state index in [0.29, 0.717) is 22.8 Å². The molecule has 4 rings (SSSR count). The van der Waals surface area contributed by atoms with Gasteiger partial charge in [0.2, 0.25) is 0 Å². The lowest BCUT2D eigenvalue weighted by atomic mass is 9.65. The number of amides is 1. The Hall–Kier alpha value is -0.870. The van der Waals surface area contributed by atoms with E-state index in [0.717, 1.165) is 44.6 Å². The standard InChI is InChI=1S/C20H29NO2S/c1-19(2)9-16-10-20(3,12-19)13-21(16)18(22)15-8-17(24-11-15)14-4-6-23-7-5-14/h8,11,14,16H,4-7,9-10,12-13H2,1-3H3. The van der Waals surface area contributed by atoms with E-state index in [1.165, 1.54) is 17.7 Å².